The summed E-state index contributed by atoms with van der Waals surface area (Å²) in [5.41, 5.74) is 0.333. The first kappa shape index (κ1) is 15.5. The minimum absolute atomic E-state index is 0.333. The lowest BCUT2D eigenvalue weighted by molar-refractivity contribution is 0.187. The third kappa shape index (κ3) is 5.86. The van der Waals surface area contributed by atoms with Crippen molar-refractivity contribution in [1.29, 1.82) is 0 Å². The van der Waals surface area contributed by atoms with Crippen LogP contribution >= 0.6 is 0 Å². The summed E-state index contributed by atoms with van der Waals surface area (Å²) in [6.45, 7) is 9.94. The predicted octanol–water partition coefficient (Wildman–Crippen LogP) is 1.26. The van der Waals surface area contributed by atoms with E-state index in [1.807, 2.05) is 0 Å². The van der Waals surface area contributed by atoms with Crippen molar-refractivity contribution >= 4 is 0 Å². The van der Waals surface area contributed by atoms with Crippen LogP contribution in [0.3, 0.4) is 0 Å². The molecule has 0 unspecified atom stereocenters. The van der Waals surface area contributed by atoms with Crippen LogP contribution in [0.15, 0.2) is 0 Å². The molecular formula is C15H29N3. The van der Waals surface area contributed by atoms with Gasteiger partial charge in [-0.25, -0.2) is 0 Å². The molecule has 0 spiro atoms. The van der Waals surface area contributed by atoms with E-state index >= 15 is 0 Å². The highest BCUT2D eigenvalue weighted by molar-refractivity contribution is 4.90. The van der Waals surface area contributed by atoms with E-state index in [9.17, 15) is 0 Å². The lowest BCUT2D eigenvalue weighted by Gasteiger charge is -2.35. The molecule has 1 rings (SSSR count). The molecular weight excluding hydrogens is 222 g/mol. The zero-order valence-corrected chi connectivity index (χ0v) is 12.5. The molecule has 0 aromatic carbocycles. The minimum atomic E-state index is 0.333. The smallest absolute Gasteiger partial charge is 0.0598 e. The lowest BCUT2D eigenvalue weighted by Crippen LogP contribution is -2.46. The average Bonchev–Trinajstić information content (AvgIpc) is 2.27. The Hall–Kier alpha value is -0.560. The normalized spacial score (nSPS) is 19.1. The zero-order valence-electron chi connectivity index (χ0n) is 12.5. The van der Waals surface area contributed by atoms with Gasteiger partial charge in [0.1, 0.15) is 0 Å². The van der Waals surface area contributed by atoms with E-state index in [1.54, 1.807) is 0 Å². The summed E-state index contributed by atoms with van der Waals surface area (Å²) in [5, 5.41) is 3.72. The molecule has 0 saturated carbocycles. The number of nitrogens with one attached hydrogen (secondary N) is 1. The van der Waals surface area contributed by atoms with E-state index in [0.29, 0.717) is 11.5 Å². The van der Waals surface area contributed by atoms with E-state index < -0.39 is 0 Å². The maximum absolute atomic E-state index is 5.34. The molecule has 1 saturated heterocycles. The van der Waals surface area contributed by atoms with Gasteiger partial charge in [-0.3, -0.25) is 4.90 Å². The van der Waals surface area contributed by atoms with Gasteiger partial charge in [-0.1, -0.05) is 19.8 Å². The average molecular weight is 251 g/mol. The van der Waals surface area contributed by atoms with Gasteiger partial charge in [0, 0.05) is 32.2 Å². The van der Waals surface area contributed by atoms with Gasteiger partial charge in [-0.2, -0.15) is 0 Å². The number of likely N-dealkylation sites (tertiary alicyclic amines) is 1. The van der Waals surface area contributed by atoms with Crippen molar-refractivity contribution in [2.45, 2.75) is 32.7 Å². The second-order valence-electron chi connectivity index (χ2n) is 6.54. The Morgan fingerprint density at radius 2 is 1.94 bits per heavy atom. The number of rotatable bonds is 6. The second kappa shape index (κ2) is 7.13. The fourth-order valence-electron chi connectivity index (χ4n) is 2.76. The highest BCUT2D eigenvalue weighted by atomic mass is 15.1. The van der Waals surface area contributed by atoms with Crippen LogP contribution < -0.4 is 5.32 Å². The third-order valence-corrected chi connectivity index (χ3v) is 3.52. The molecule has 3 heteroatoms. The van der Waals surface area contributed by atoms with E-state index in [2.05, 4.69) is 49.0 Å². The number of terminal acetylenes is 1. The Balaban J connectivity index is 2.23. The molecule has 1 fully saturated rings. The Bertz CT molecular complexity index is 270. The lowest BCUT2D eigenvalue weighted by atomic mass is 9.92. The monoisotopic (exact) mass is 251 g/mol. The van der Waals surface area contributed by atoms with Crippen molar-refractivity contribution in [3.8, 4) is 12.3 Å². The van der Waals surface area contributed by atoms with Crippen molar-refractivity contribution < 1.29 is 0 Å². The molecule has 1 aliphatic rings. The van der Waals surface area contributed by atoms with Crippen molar-refractivity contribution in [3.05, 3.63) is 0 Å². The van der Waals surface area contributed by atoms with Crippen LogP contribution in [0.25, 0.3) is 0 Å². The van der Waals surface area contributed by atoms with Crippen LogP contribution in [-0.2, 0) is 0 Å². The van der Waals surface area contributed by atoms with E-state index in [-0.39, 0.29) is 0 Å². The Morgan fingerprint density at radius 1 is 1.33 bits per heavy atom. The number of piperidine rings is 1. The van der Waals surface area contributed by atoms with Gasteiger partial charge < -0.3 is 10.2 Å². The van der Waals surface area contributed by atoms with Crippen LogP contribution in [0.4, 0.5) is 0 Å². The number of hydrogen-bond donors (Lipinski definition) is 1. The topological polar surface area (TPSA) is 18.5 Å². The van der Waals surface area contributed by atoms with Crippen molar-refractivity contribution in [2.75, 3.05) is 46.8 Å². The number of hydrogen-bond acceptors (Lipinski definition) is 3. The molecule has 104 valence electrons. The summed E-state index contributed by atoms with van der Waals surface area (Å²) < 4.78 is 0. The van der Waals surface area contributed by atoms with Gasteiger partial charge in [0.05, 0.1) is 6.54 Å². The molecule has 1 aliphatic heterocycles. The van der Waals surface area contributed by atoms with E-state index in [0.717, 1.165) is 32.7 Å². The van der Waals surface area contributed by atoms with Gasteiger partial charge >= 0.3 is 0 Å². The molecule has 0 aromatic heterocycles. The highest BCUT2D eigenvalue weighted by Gasteiger charge is 2.23. The Labute approximate surface area is 113 Å². The molecule has 0 amide bonds. The van der Waals surface area contributed by atoms with Crippen molar-refractivity contribution in [1.82, 2.24) is 15.1 Å². The first-order chi connectivity index (χ1) is 8.43. The quantitative estimate of drug-likeness (QED) is 0.717. The Kier molecular flexibility index (Phi) is 6.14. The van der Waals surface area contributed by atoms with Gasteiger partial charge in [0.2, 0.25) is 0 Å². The van der Waals surface area contributed by atoms with E-state index in [4.69, 9.17) is 6.42 Å². The zero-order chi connectivity index (χ0) is 13.6. The summed E-state index contributed by atoms with van der Waals surface area (Å²) >= 11 is 0. The van der Waals surface area contributed by atoms with Crippen LogP contribution in [0.1, 0.15) is 26.7 Å². The molecule has 0 radical (unpaired) electrons. The highest BCUT2D eigenvalue weighted by Crippen LogP contribution is 2.16. The van der Waals surface area contributed by atoms with Crippen LogP contribution in [0.2, 0.25) is 0 Å². The summed E-state index contributed by atoms with van der Waals surface area (Å²) in [5.74, 6) is 2.73. The fraction of sp³-hybridized carbons (Fsp3) is 0.867. The van der Waals surface area contributed by atoms with Crippen molar-refractivity contribution in [3.63, 3.8) is 0 Å². The molecule has 0 aliphatic carbocycles. The first-order valence-electron chi connectivity index (χ1n) is 6.97. The molecule has 0 atom stereocenters. The van der Waals surface area contributed by atoms with Crippen LogP contribution in [0, 0.1) is 17.8 Å². The largest absolute Gasteiger partial charge is 0.313 e. The molecule has 0 bridgehead atoms. The molecule has 18 heavy (non-hydrogen) atoms. The SMILES string of the molecule is C#CCN1CCC(NCC(C)(C)CN(C)C)CC1. The van der Waals surface area contributed by atoms with Gasteiger partial charge in [-0.05, 0) is 32.4 Å². The number of nitrogens with zero attached hydrogens (tertiary/aromatic N) is 2. The summed E-state index contributed by atoms with van der Waals surface area (Å²) in [6.07, 6.45) is 7.79. The summed E-state index contributed by atoms with van der Waals surface area (Å²) in [4.78, 5) is 4.63. The first-order valence-corrected chi connectivity index (χ1v) is 6.97. The van der Waals surface area contributed by atoms with Gasteiger partial charge in [0.15, 0.2) is 0 Å². The maximum Gasteiger partial charge on any atom is 0.0598 e. The minimum Gasteiger partial charge on any atom is -0.313 e. The molecule has 0 aromatic rings. The van der Waals surface area contributed by atoms with E-state index in [1.165, 1.54) is 12.8 Å². The summed E-state index contributed by atoms with van der Waals surface area (Å²) in [6, 6.07) is 0.667. The Morgan fingerprint density at radius 3 is 2.44 bits per heavy atom. The molecule has 1 heterocycles. The predicted molar refractivity (Wildman–Crippen MR) is 78.6 cm³/mol. The van der Waals surface area contributed by atoms with Crippen LogP contribution in [-0.4, -0.2) is 62.7 Å². The van der Waals surface area contributed by atoms with Gasteiger partial charge in [-0.15, -0.1) is 6.42 Å². The maximum atomic E-state index is 5.34. The standard InChI is InChI=1S/C15H29N3/c1-6-9-18-10-7-14(8-11-18)16-12-15(2,3)13-17(4)5/h1,14,16H,7-13H2,2-5H3. The summed E-state index contributed by atoms with van der Waals surface area (Å²) in [7, 11) is 4.28. The second-order valence-corrected chi connectivity index (χ2v) is 6.54. The molecule has 1 N–H and O–H groups in total. The molecule has 3 nitrogen and oxygen atoms in total. The fourth-order valence-corrected chi connectivity index (χ4v) is 2.76. The van der Waals surface area contributed by atoms with Crippen molar-refractivity contribution in [2.24, 2.45) is 5.41 Å². The third-order valence-electron chi connectivity index (χ3n) is 3.52. The van der Waals surface area contributed by atoms with Gasteiger partial charge in [0.25, 0.3) is 0 Å². The van der Waals surface area contributed by atoms with Crippen LogP contribution in [0.5, 0.6) is 0 Å².